The standard InChI is InChI=1S/C21H31N5O2.HI/c1-5-28-19-7-6-17(12-20(19)27-4)13-24-21(22-3)25-10-8-16(2)18(14-25)26-11-9-23-15-26;/h6-7,9,11-12,15-16,18H,5,8,10,13-14H2,1-4H3,(H,22,24);1H. The number of guanidine groups is 1. The summed E-state index contributed by atoms with van der Waals surface area (Å²) < 4.78 is 13.3. The molecule has 1 aliphatic heterocycles. The van der Waals surface area contributed by atoms with Crippen molar-refractivity contribution in [3.8, 4) is 11.5 Å². The predicted molar refractivity (Wildman–Crippen MR) is 126 cm³/mol. The molecule has 2 unspecified atom stereocenters. The van der Waals surface area contributed by atoms with Gasteiger partial charge in [0.05, 0.1) is 26.1 Å². The van der Waals surface area contributed by atoms with E-state index in [1.54, 1.807) is 7.11 Å². The Kier molecular flexibility index (Phi) is 9.06. The molecule has 3 rings (SSSR count). The lowest BCUT2D eigenvalue weighted by atomic mass is 9.93. The van der Waals surface area contributed by atoms with E-state index in [-0.39, 0.29) is 24.0 Å². The number of likely N-dealkylation sites (tertiary alicyclic amines) is 1. The zero-order chi connectivity index (χ0) is 19.9. The van der Waals surface area contributed by atoms with E-state index in [1.165, 1.54) is 0 Å². The first-order chi connectivity index (χ1) is 13.7. The smallest absolute Gasteiger partial charge is 0.193 e. The van der Waals surface area contributed by atoms with E-state index < -0.39 is 0 Å². The topological polar surface area (TPSA) is 63.9 Å². The Morgan fingerprint density at radius 3 is 2.83 bits per heavy atom. The molecule has 2 aromatic rings. The van der Waals surface area contributed by atoms with Crippen LogP contribution in [0.1, 0.15) is 31.9 Å². The van der Waals surface area contributed by atoms with Crippen LogP contribution in [-0.4, -0.2) is 54.3 Å². The molecule has 0 bridgehead atoms. The number of aromatic nitrogens is 2. The predicted octanol–water partition coefficient (Wildman–Crippen LogP) is 3.57. The minimum absolute atomic E-state index is 0. The van der Waals surface area contributed by atoms with Crippen molar-refractivity contribution in [2.45, 2.75) is 32.9 Å². The highest BCUT2D eigenvalue weighted by atomic mass is 127. The van der Waals surface area contributed by atoms with Crippen LogP contribution in [0.25, 0.3) is 0 Å². The van der Waals surface area contributed by atoms with Crippen molar-refractivity contribution < 1.29 is 9.47 Å². The monoisotopic (exact) mass is 513 g/mol. The molecule has 1 aromatic heterocycles. The van der Waals surface area contributed by atoms with Gasteiger partial charge in [-0.3, -0.25) is 4.99 Å². The largest absolute Gasteiger partial charge is 0.493 e. The van der Waals surface area contributed by atoms with E-state index in [0.29, 0.717) is 25.1 Å². The van der Waals surface area contributed by atoms with Crippen LogP contribution >= 0.6 is 24.0 Å². The fourth-order valence-corrected chi connectivity index (χ4v) is 3.71. The number of hydrogen-bond acceptors (Lipinski definition) is 4. The number of piperidine rings is 1. The van der Waals surface area contributed by atoms with Crippen molar-refractivity contribution in [2.24, 2.45) is 10.9 Å². The Labute approximate surface area is 190 Å². The van der Waals surface area contributed by atoms with Gasteiger partial charge in [-0.15, -0.1) is 24.0 Å². The molecule has 1 aliphatic rings. The molecule has 1 saturated heterocycles. The van der Waals surface area contributed by atoms with Crippen molar-refractivity contribution in [3.05, 3.63) is 42.5 Å². The van der Waals surface area contributed by atoms with Crippen LogP contribution in [0.15, 0.2) is 41.9 Å². The van der Waals surface area contributed by atoms with Gasteiger partial charge in [0.2, 0.25) is 0 Å². The van der Waals surface area contributed by atoms with Crippen LogP contribution in [0.4, 0.5) is 0 Å². The first-order valence-electron chi connectivity index (χ1n) is 9.89. The second kappa shape index (κ2) is 11.3. The molecule has 0 amide bonds. The van der Waals surface area contributed by atoms with Crippen LogP contribution in [0.2, 0.25) is 0 Å². The van der Waals surface area contributed by atoms with E-state index in [1.807, 2.05) is 44.8 Å². The number of benzene rings is 1. The fourth-order valence-electron chi connectivity index (χ4n) is 3.71. The van der Waals surface area contributed by atoms with Crippen LogP contribution in [-0.2, 0) is 6.54 Å². The average Bonchev–Trinajstić information content (AvgIpc) is 3.25. The van der Waals surface area contributed by atoms with Gasteiger partial charge in [0.15, 0.2) is 17.5 Å². The van der Waals surface area contributed by atoms with Gasteiger partial charge in [0, 0.05) is 39.1 Å². The highest BCUT2D eigenvalue weighted by molar-refractivity contribution is 14.0. The van der Waals surface area contributed by atoms with E-state index >= 15 is 0 Å². The molecular formula is C21H32IN5O2. The third-order valence-corrected chi connectivity index (χ3v) is 5.32. The summed E-state index contributed by atoms with van der Waals surface area (Å²) in [5.74, 6) is 3.05. The maximum Gasteiger partial charge on any atom is 0.193 e. The lowest BCUT2D eigenvalue weighted by molar-refractivity contribution is 0.189. The molecule has 29 heavy (non-hydrogen) atoms. The zero-order valence-electron chi connectivity index (χ0n) is 17.7. The number of nitrogens with zero attached hydrogens (tertiary/aromatic N) is 4. The third-order valence-electron chi connectivity index (χ3n) is 5.32. The zero-order valence-corrected chi connectivity index (χ0v) is 20.0. The minimum atomic E-state index is 0. The highest BCUT2D eigenvalue weighted by Crippen LogP contribution is 2.29. The summed E-state index contributed by atoms with van der Waals surface area (Å²) >= 11 is 0. The lowest BCUT2D eigenvalue weighted by Gasteiger charge is -2.39. The Balaban J connectivity index is 0.00000300. The number of ether oxygens (including phenoxy) is 2. The molecule has 0 aliphatic carbocycles. The van der Waals surface area contributed by atoms with Gasteiger partial charge in [-0.1, -0.05) is 13.0 Å². The maximum absolute atomic E-state index is 5.60. The van der Waals surface area contributed by atoms with Gasteiger partial charge in [0.1, 0.15) is 0 Å². The Morgan fingerprint density at radius 2 is 2.17 bits per heavy atom. The van der Waals surface area contributed by atoms with Crippen molar-refractivity contribution >= 4 is 29.9 Å². The number of methoxy groups -OCH3 is 1. The fraction of sp³-hybridized carbons (Fsp3) is 0.524. The molecule has 0 spiro atoms. The molecule has 0 radical (unpaired) electrons. The molecule has 2 heterocycles. The van der Waals surface area contributed by atoms with Crippen LogP contribution in [0, 0.1) is 5.92 Å². The van der Waals surface area contributed by atoms with E-state index in [2.05, 4.69) is 37.8 Å². The summed E-state index contributed by atoms with van der Waals surface area (Å²) in [6.45, 7) is 7.49. The maximum atomic E-state index is 5.60. The lowest BCUT2D eigenvalue weighted by Crippen LogP contribution is -2.48. The summed E-state index contributed by atoms with van der Waals surface area (Å²) in [7, 11) is 3.50. The van der Waals surface area contributed by atoms with Crippen LogP contribution in [0.3, 0.4) is 0 Å². The number of halogens is 1. The minimum Gasteiger partial charge on any atom is -0.493 e. The molecule has 1 N–H and O–H groups in total. The molecule has 8 heteroatoms. The number of nitrogens with one attached hydrogen (secondary N) is 1. The molecule has 1 fully saturated rings. The van der Waals surface area contributed by atoms with E-state index in [4.69, 9.17) is 9.47 Å². The number of imidazole rings is 1. The van der Waals surface area contributed by atoms with Crippen molar-refractivity contribution in [1.82, 2.24) is 19.8 Å². The molecule has 2 atom stereocenters. The van der Waals surface area contributed by atoms with Gasteiger partial charge in [0.25, 0.3) is 0 Å². The first kappa shape index (κ1) is 23.3. The number of aliphatic imine (C=N–C) groups is 1. The summed E-state index contributed by atoms with van der Waals surface area (Å²) in [6, 6.07) is 6.43. The van der Waals surface area contributed by atoms with Gasteiger partial charge in [-0.05, 0) is 37.0 Å². The summed E-state index contributed by atoms with van der Waals surface area (Å²) in [6.07, 6.45) is 6.93. The van der Waals surface area contributed by atoms with Gasteiger partial charge in [-0.2, -0.15) is 0 Å². The molecular weight excluding hydrogens is 481 g/mol. The summed E-state index contributed by atoms with van der Waals surface area (Å²) in [4.78, 5) is 11.0. The summed E-state index contributed by atoms with van der Waals surface area (Å²) in [5, 5.41) is 3.49. The molecule has 160 valence electrons. The van der Waals surface area contributed by atoms with Crippen molar-refractivity contribution in [1.29, 1.82) is 0 Å². The summed E-state index contributed by atoms with van der Waals surface area (Å²) in [5.41, 5.74) is 1.12. The molecule has 7 nitrogen and oxygen atoms in total. The second-order valence-corrected chi connectivity index (χ2v) is 7.11. The van der Waals surface area contributed by atoms with Crippen molar-refractivity contribution in [2.75, 3.05) is 33.9 Å². The Hall–Kier alpha value is -1.97. The van der Waals surface area contributed by atoms with Crippen LogP contribution in [0.5, 0.6) is 11.5 Å². The van der Waals surface area contributed by atoms with Gasteiger partial charge >= 0.3 is 0 Å². The quantitative estimate of drug-likeness (QED) is 0.364. The first-order valence-corrected chi connectivity index (χ1v) is 9.89. The Morgan fingerprint density at radius 1 is 1.34 bits per heavy atom. The highest BCUT2D eigenvalue weighted by Gasteiger charge is 2.28. The third kappa shape index (κ3) is 5.77. The SMILES string of the molecule is CCOc1ccc(CNC(=NC)N2CCC(C)C(n3ccnc3)C2)cc1OC.I. The normalized spacial score (nSPS) is 19.4. The van der Waals surface area contributed by atoms with Crippen LogP contribution < -0.4 is 14.8 Å². The molecule has 1 aromatic carbocycles. The van der Waals surface area contributed by atoms with E-state index in [0.717, 1.165) is 42.5 Å². The average molecular weight is 513 g/mol. The van der Waals surface area contributed by atoms with E-state index in [9.17, 15) is 0 Å². The Bertz CT molecular complexity index is 781. The van der Waals surface area contributed by atoms with Gasteiger partial charge < -0.3 is 24.3 Å². The van der Waals surface area contributed by atoms with Crippen molar-refractivity contribution in [3.63, 3.8) is 0 Å². The molecule has 0 saturated carbocycles. The second-order valence-electron chi connectivity index (χ2n) is 7.11. The number of rotatable bonds is 6. The van der Waals surface area contributed by atoms with Gasteiger partial charge in [-0.25, -0.2) is 4.98 Å². The number of hydrogen-bond donors (Lipinski definition) is 1.